The third kappa shape index (κ3) is 2.85. The van der Waals surface area contributed by atoms with Crippen molar-refractivity contribution in [2.24, 2.45) is 0 Å². The molecule has 0 amide bonds. The van der Waals surface area contributed by atoms with E-state index in [0.717, 1.165) is 0 Å². The van der Waals surface area contributed by atoms with E-state index in [1.54, 1.807) is 0 Å². The quantitative estimate of drug-likeness (QED) is 0.425. The summed E-state index contributed by atoms with van der Waals surface area (Å²) in [6.07, 6.45) is -0.529. The van der Waals surface area contributed by atoms with Gasteiger partial charge >= 0.3 is 11.6 Å². The lowest BCUT2D eigenvalue weighted by molar-refractivity contribution is -0.136. The SMILES string of the molecule is Cc1c(CC(=O)O)c(=O)oc2cc(N)c(S(O)(O)O)cc12. The lowest BCUT2D eigenvalue weighted by Gasteiger charge is -2.21. The van der Waals surface area contributed by atoms with E-state index >= 15 is 0 Å². The first-order chi connectivity index (χ1) is 9.61. The fourth-order valence-electron chi connectivity index (χ4n) is 2.02. The second kappa shape index (κ2) is 5.04. The summed E-state index contributed by atoms with van der Waals surface area (Å²) in [7, 11) is -4.05. The number of anilines is 1. The second-order valence-electron chi connectivity index (χ2n) is 4.47. The highest BCUT2D eigenvalue weighted by molar-refractivity contribution is 8.19. The first kappa shape index (κ1) is 15.3. The zero-order chi connectivity index (χ0) is 15.9. The molecule has 0 aliphatic carbocycles. The molecule has 1 heterocycles. The molecule has 0 saturated heterocycles. The predicted molar refractivity (Wildman–Crippen MR) is 76.7 cm³/mol. The van der Waals surface area contributed by atoms with E-state index in [2.05, 4.69) is 0 Å². The third-order valence-corrected chi connectivity index (χ3v) is 3.98. The Balaban J connectivity index is 2.82. The molecule has 8 nitrogen and oxygen atoms in total. The lowest BCUT2D eigenvalue weighted by Crippen LogP contribution is -2.15. The molecule has 2 aromatic rings. The van der Waals surface area contributed by atoms with Gasteiger partial charge in [0.25, 0.3) is 0 Å². The topological polar surface area (TPSA) is 154 Å². The minimum Gasteiger partial charge on any atom is -0.481 e. The van der Waals surface area contributed by atoms with Crippen molar-refractivity contribution in [1.82, 2.24) is 0 Å². The van der Waals surface area contributed by atoms with Crippen molar-refractivity contribution >= 4 is 33.5 Å². The van der Waals surface area contributed by atoms with E-state index in [0.29, 0.717) is 5.56 Å². The molecule has 0 aliphatic rings. The van der Waals surface area contributed by atoms with Gasteiger partial charge < -0.3 is 28.9 Å². The number of nitrogens with two attached hydrogens (primary N) is 1. The van der Waals surface area contributed by atoms with Gasteiger partial charge in [-0.2, -0.15) is 0 Å². The summed E-state index contributed by atoms with van der Waals surface area (Å²) < 4.78 is 32.9. The van der Waals surface area contributed by atoms with Gasteiger partial charge in [-0.05, 0) is 18.6 Å². The summed E-state index contributed by atoms with van der Waals surface area (Å²) in [5.74, 6) is -1.20. The van der Waals surface area contributed by atoms with Crippen molar-refractivity contribution in [2.45, 2.75) is 18.2 Å². The van der Waals surface area contributed by atoms with Crippen LogP contribution in [0.5, 0.6) is 0 Å². The minimum absolute atomic E-state index is 0.0554. The van der Waals surface area contributed by atoms with Gasteiger partial charge in [-0.3, -0.25) is 4.79 Å². The third-order valence-electron chi connectivity index (χ3n) is 3.04. The molecular formula is C12H13NO7S. The molecule has 0 spiro atoms. The zero-order valence-electron chi connectivity index (χ0n) is 10.9. The van der Waals surface area contributed by atoms with Crippen LogP contribution in [0.25, 0.3) is 11.0 Å². The summed E-state index contributed by atoms with van der Waals surface area (Å²) in [5, 5.41) is 9.07. The van der Waals surface area contributed by atoms with E-state index in [9.17, 15) is 23.2 Å². The van der Waals surface area contributed by atoms with Crippen LogP contribution in [-0.4, -0.2) is 24.7 Å². The van der Waals surface area contributed by atoms with Crippen LogP contribution in [0, 0.1) is 6.92 Å². The summed E-state index contributed by atoms with van der Waals surface area (Å²) in [5.41, 5.74) is 4.95. The number of aliphatic carboxylic acids is 1. The van der Waals surface area contributed by atoms with Gasteiger partial charge in [-0.25, -0.2) is 4.79 Å². The molecule has 2 rings (SSSR count). The van der Waals surface area contributed by atoms with E-state index in [4.69, 9.17) is 15.3 Å². The molecule has 21 heavy (non-hydrogen) atoms. The Hall–Kier alpha value is -2.07. The fourth-order valence-corrected chi connectivity index (χ4v) is 2.67. The number of fused-ring (bicyclic) bond motifs is 1. The van der Waals surface area contributed by atoms with Crippen molar-refractivity contribution in [3.05, 3.63) is 33.7 Å². The fraction of sp³-hybridized carbons (Fsp3) is 0.167. The van der Waals surface area contributed by atoms with E-state index in [1.807, 2.05) is 0 Å². The van der Waals surface area contributed by atoms with Gasteiger partial charge in [-0.1, -0.05) is 0 Å². The molecule has 114 valence electrons. The van der Waals surface area contributed by atoms with Crippen LogP contribution in [0.4, 0.5) is 5.69 Å². The Morgan fingerprint density at radius 3 is 2.48 bits per heavy atom. The number of carbonyl (C=O) groups is 1. The first-order valence-electron chi connectivity index (χ1n) is 5.69. The Labute approximate surface area is 120 Å². The number of benzene rings is 1. The molecular weight excluding hydrogens is 302 g/mol. The standard InChI is InChI=1S/C12H13NO7S/c1-5-6-2-10(21(17,18)19)8(13)4-9(6)20-12(16)7(5)3-11(14)15/h2,4,17-19H,3,13H2,1H3,(H,14,15). The Kier molecular flexibility index (Phi) is 3.68. The molecule has 1 aromatic heterocycles. The van der Waals surface area contributed by atoms with Crippen LogP contribution < -0.4 is 11.4 Å². The van der Waals surface area contributed by atoms with Crippen molar-refractivity contribution < 1.29 is 28.0 Å². The molecule has 0 unspecified atom stereocenters. The largest absolute Gasteiger partial charge is 0.481 e. The zero-order valence-corrected chi connectivity index (χ0v) is 11.7. The van der Waals surface area contributed by atoms with Crippen molar-refractivity contribution in [1.29, 1.82) is 0 Å². The molecule has 0 radical (unpaired) electrons. The van der Waals surface area contributed by atoms with Crippen LogP contribution in [0.15, 0.2) is 26.2 Å². The van der Waals surface area contributed by atoms with Crippen molar-refractivity contribution in [2.75, 3.05) is 5.73 Å². The molecule has 0 fully saturated rings. The molecule has 6 N–H and O–H groups in total. The normalized spacial score (nSPS) is 12.6. The average molecular weight is 315 g/mol. The summed E-state index contributed by atoms with van der Waals surface area (Å²) in [6, 6.07) is 2.34. The Morgan fingerprint density at radius 2 is 1.95 bits per heavy atom. The number of carboxylic acids is 1. The van der Waals surface area contributed by atoms with Gasteiger partial charge in [0, 0.05) is 11.5 Å². The number of aryl methyl sites for hydroxylation is 1. The molecule has 0 atom stereocenters. The highest BCUT2D eigenvalue weighted by Gasteiger charge is 2.22. The van der Waals surface area contributed by atoms with Crippen LogP contribution in [0.1, 0.15) is 11.1 Å². The van der Waals surface area contributed by atoms with E-state index in [-0.39, 0.29) is 27.1 Å². The van der Waals surface area contributed by atoms with Crippen molar-refractivity contribution in [3.63, 3.8) is 0 Å². The first-order valence-corrected chi connectivity index (χ1v) is 7.20. The maximum atomic E-state index is 11.8. The van der Waals surface area contributed by atoms with Gasteiger partial charge in [0.1, 0.15) is 16.5 Å². The van der Waals surface area contributed by atoms with Gasteiger partial charge in [-0.15, -0.1) is 0 Å². The van der Waals surface area contributed by atoms with Crippen LogP contribution in [0.2, 0.25) is 0 Å². The molecule has 1 aromatic carbocycles. The predicted octanol–water partition coefficient (Wildman–Crippen LogP) is 1.89. The Bertz CT molecular complexity index is 791. The second-order valence-corrected chi connectivity index (χ2v) is 5.95. The molecule has 0 aliphatic heterocycles. The minimum atomic E-state index is -4.05. The van der Waals surface area contributed by atoms with Crippen molar-refractivity contribution in [3.8, 4) is 0 Å². The average Bonchev–Trinajstić information content (AvgIpc) is 2.32. The number of nitrogen functional groups attached to an aromatic ring is 1. The summed E-state index contributed by atoms with van der Waals surface area (Å²) in [4.78, 5) is 22.2. The Morgan fingerprint density at radius 1 is 1.33 bits per heavy atom. The van der Waals surface area contributed by atoms with Crippen LogP contribution >= 0.6 is 10.9 Å². The number of hydrogen-bond donors (Lipinski definition) is 5. The summed E-state index contributed by atoms with van der Waals surface area (Å²) in [6.45, 7) is 1.50. The lowest BCUT2D eigenvalue weighted by atomic mass is 10.0. The molecule has 9 heteroatoms. The molecule has 0 bridgehead atoms. The van der Waals surface area contributed by atoms with E-state index < -0.39 is 28.9 Å². The number of hydrogen-bond acceptors (Lipinski definition) is 7. The smallest absolute Gasteiger partial charge is 0.340 e. The maximum absolute atomic E-state index is 11.8. The summed E-state index contributed by atoms with van der Waals surface area (Å²) >= 11 is 0. The van der Waals surface area contributed by atoms with Gasteiger partial charge in [0.05, 0.1) is 22.6 Å². The number of rotatable bonds is 3. The maximum Gasteiger partial charge on any atom is 0.340 e. The van der Waals surface area contributed by atoms with Gasteiger partial charge in [0.15, 0.2) is 0 Å². The van der Waals surface area contributed by atoms with Crippen LogP contribution in [0.3, 0.4) is 0 Å². The molecule has 0 saturated carbocycles. The van der Waals surface area contributed by atoms with Gasteiger partial charge in [0.2, 0.25) is 0 Å². The highest BCUT2D eigenvalue weighted by atomic mass is 32.3. The van der Waals surface area contributed by atoms with Crippen LogP contribution in [-0.2, 0) is 11.2 Å². The van der Waals surface area contributed by atoms with E-state index in [1.165, 1.54) is 19.1 Å². The highest BCUT2D eigenvalue weighted by Crippen LogP contribution is 2.48. The monoisotopic (exact) mass is 315 g/mol. The number of carboxylic acid groups (broad SMARTS) is 1.